The molecule has 3 heterocycles. The van der Waals surface area contributed by atoms with Crippen LogP contribution in [-0.4, -0.2) is 41.7 Å². The summed E-state index contributed by atoms with van der Waals surface area (Å²) in [6.45, 7) is 7.40. The maximum Gasteiger partial charge on any atom is 0.223 e. The Hall–Kier alpha value is -1.56. The van der Waals surface area contributed by atoms with Crippen LogP contribution in [0.15, 0.2) is 6.07 Å². The first-order chi connectivity index (χ1) is 9.61. The van der Waals surface area contributed by atoms with Crippen LogP contribution in [0.4, 0.5) is 17.6 Å². The van der Waals surface area contributed by atoms with Crippen molar-refractivity contribution in [3.63, 3.8) is 0 Å². The Labute approximate surface area is 120 Å². The van der Waals surface area contributed by atoms with Crippen LogP contribution >= 0.6 is 0 Å². The zero-order valence-corrected chi connectivity index (χ0v) is 12.3. The van der Waals surface area contributed by atoms with Crippen LogP contribution in [0.25, 0.3) is 0 Å². The highest BCUT2D eigenvalue weighted by molar-refractivity contribution is 5.53. The molecule has 1 aromatic heterocycles. The van der Waals surface area contributed by atoms with Gasteiger partial charge in [0.1, 0.15) is 11.6 Å². The van der Waals surface area contributed by atoms with Crippen LogP contribution < -0.4 is 21.3 Å². The van der Waals surface area contributed by atoms with Gasteiger partial charge >= 0.3 is 0 Å². The topological polar surface area (TPSA) is 79.1 Å². The molecule has 110 valence electrons. The van der Waals surface area contributed by atoms with E-state index >= 15 is 0 Å². The molecule has 20 heavy (non-hydrogen) atoms. The molecule has 2 saturated heterocycles. The number of rotatable bonds is 3. The molecule has 0 radical (unpaired) electrons. The quantitative estimate of drug-likeness (QED) is 0.766. The summed E-state index contributed by atoms with van der Waals surface area (Å²) < 4.78 is 0. The van der Waals surface area contributed by atoms with E-state index in [-0.39, 0.29) is 0 Å². The smallest absolute Gasteiger partial charge is 0.223 e. The average molecular weight is 276 g/mol. The highest BCUT2D eigenvalue weighted by Gasteiger charge is 2.34. The molecule has 1 aromatic rings. The van der Waals surface area contributed by atoms with E-state index in [0.29, 0.717) is 18.0 Å². The standard InChI is InChI=1S/C14H24N6/c1-9(2)17-12-6-13(19-14(15)18-12)20-7-10-4-3-5-16-11(10)8-20/h6,9-11,16H,3-5,7-8H2,1-2H3,(H3,15,17,18,19)/t10-,11+/m1/s1. The normalized spacial score (nSPS) is 25.9. The molecule has 6 heteroatoms. The monoisotopic (exact) mass is 276 g/mol. The maximum absolute atomic E-state index is 5.84. The Morgan fingerprint density at radius 3 is 3.00 bits per heavy atom. The van der Waals surface area contributed by atoms with Gasteiger partial charge in [-0.05, 0) is 39.2 Å². The predicted molar refractivity (Wildman–Crippen MR) is 81.9 cm³/mol. The maximum atomic E-state index is 5.84. The van der Waals surface area contributed by atoms with Gasteiger partial charge in [0.2, 0.25) is 5.95 Å². The van der Waals surface area contributed by atoms with Gasteiger partial charge in [-0.3, -0.25) is 0 Å². The molecule has 2 aliphatic rings. The van der Waals surface area contributed by atoms with Gasteiger partial charge < -0.3 is 21.3 Å². The summed E-state index contributed by atoms with van der Waals surface area (Å²) >= 11 is 0. The van der Waals surface area contributed by atoms with Crippen LogP contribution in [0.5, 0.6) is 0 Å². The third-order valence-corrected chi connectivity index (χ3v) is 4.09. The summed E-state index contributed by atoms with van der Waals surface area (Å²) in [6, 6.07) is 2.94. The van der Waals surface area contributed by atoms with Gasteiger partial charge in [0.25, 0.3) is 0 Å². The summed E-state index contributed by atoms with van der Waals surface area (Å²) in [4.78, 5) is 11.0. The van der Waals surface area contributed by atoms with Gasteiger partial charge in [0.15, 0.2) is 0 Å². The fourth-order valence-corrected chi connectivity index (χ4v) is 3.22. The highest BCUT2D eigenvalue weighted by Crippen LogP contribution is 2.29. The molecular formula is C14H24N6. The molecule has 6 nitrogen and oxygen atoms in total. The molecule has 2 atom stereocenters. The van der Waals surface area contributed by atoms with E-state index in [0.717, 1.165) is 37.2 Å². The molecule has 0 bridgehead atoms. The fraction of sp³-hybridized carbons (Fsp3) is 0.714. The molecule has 4 N–H and O–H groups in total. The number of piperidine rings is 1. The minimum atomic E-state index is 0.333. The summed E-state index contributed by atoms with van der Waals surface area (Å²) in [5.74, 6) is 2.83. The molecule has 0 spiro atoms. The molecule has 2 aliphatic heterocycles. The third kappa shape index (κ3) is 2.80. The largest absolute Gasteiger partial charge is 0.368 e. The first kappa shape index (κ1) is 13.4. The molecule has 0 unspecified atom stereocenters. The van der Waals surface area contributed by atoms with Gasteiger partial charge in [-0.1, -0.05) is 0 Å². The van der Waals surface area contributed by atoms with Crippen molar-refractivity contribution < 1.29 is 0 Å². The fourth-order valence-electron chi connectivity index (χ4n) is 3.22. The lowest BCUT2D eigenvalue weighted by Crippen LogP contribution is -2.40. The van der Waals surface area contributed by atoms with Gasteiger partial charge in [0, 0.05) is 31.2 Å². The lowest BCUT2D eigenvalue weighted by atomic mass is 9.94. The number of nitrogens with zero attached hydrogens (tertiary/aromatic N) is 3. The summed E-state index contributed by atoms with van der Waals surface area (Å²) in [7, 11) is 0. The summed E-state index contributed by atoms with van der Waals surface area (Å²) in [5.41, 5.74) is 5.84. The van der Waals surface area contributed by atoms with Gasteiger partial charge in [-0.25, -0.2) is 0 Å². The summed E-state index contributed by atoms with van der Waals surface area (Å²) in [6.07, 6.45) is 2.59. The van der Waals surface area contributed by atoms with E-state index in [2.05, 4.69) is 39.3 Å². The first-order valence-corrected chi connectivity index (χ1v) is 7.51. The van der Waals surface area contributed by atoms with Crippen molar-refractivity contribution in [3.05, 3.63) is 6.07 Å². The second-order valence-corrected chi connectivity index (χ2v) is 6.14. The predicted octanol–water partition coefficient (Wildman–Crippen LogP) is 1.07. The number of nitrogens with one attached hydrogen (secondary N) is 2. The van der Waals surface area contributed by atoms with E-state index in [9.17, 15) is 0 Å². The second kappa shape index (κ2) is 5.44. The van der Waals surface area contributed by atoms with Crippen molar-refractivity contribution in [2.45, 2.75) is 38.8 Å². The van der Waals surface area contributed by atoms with Crippen molar-refractivity contribution in [2.75, 3.05) is 35.6 Å². The SMILES string of the molecule is CC(C)Nc1cc(N2C[C@H]3CCCN[C@H]3C2)nc(N)n1. The average Bonchev–Trinajstić information content (AvgIpc) is 2.80. The number of nitrogens with two attached hydrogens (primary N) is 1. The minimum absolute atomic E-state index is 0.333. The molecule has 0 aliphatic carbocycles. The molecule has 0 amide bonds. The van der Waals surface area contributed by atoms with E-state index in [1.54, 1.807) is 0 Å². The summed E-state index contributed by atoms with van der Waals surface area (Å²) in [5, 5.41) is 6.91. The van der Waals surface area contributed by atoms with Crippen LogP contribution in [-0.2, 0) is 0 Å². The van der Waals surface area contributed by atoms with Gasteiger partial charge in [-0.15, -0.1) is 0 Å². The van der Waals surface area contributed by atoms with E-state index in [1.807, 2.05) is 6.07 Å². The van der Waals surface area contributed by atoms with Crippen molar-refractivity contribution in [1.29, 1.82) is 0 Å². The molecular weight excluding hydrogens is 252 g/mol. The van der Waals surface area contributed by atoms with Crippen LogP contribution in [0.2, 0.25) is 0 Å². The third-order valence-electron chi connectivity index (χ3n) is 4.09. The highest BCUT2D eigenvalue weighted by atomic mass is 15.3. The van der Waals surface area contributed by atoms with Crippen molar-refractivity contribution in [2.24, 2.45) is 5.92 Å². The van der Waals surface area contributed by atoms with Crippen molar-refractivity contribution >= 4 is 17.6 Å². The zero-order chi connectivity index (χ0) is 14.1. The van der Waals surface area contributed by atoms with E-state index in [1.165, 1.54) is 12.8 Å². The first-order valence-electron chi connectivity index (χ1n) is 7.51. The number of anilines is 3. The lowest BCUT2D eigenvalue weighted by molar-refractivity contribution is 0.340. The van der Waals surface area contributed by atoms with Gasteiger partial charge in [-0.2, -0.15) is 9.97 Å². The number of aromatic nitrogens is 2. The van der Waals surface area contributed by atoms with E-state index in [4.69, 9.17) is 5.73 Å². The number of fused-ring (bicyclic) bond motifs is 1. The van der Waals surface area contributed by atoms with Gasteiger partial charge in [0.05, 0.1) is 0 Å². The van der Waals surface area contributed by atoms with Crippen molar-refractivity contribution in [3.8, 4) is 0 Å². The molecule has 3 rings (SSSR count). The Bertz CT molecular complexity index is 461. The Morgan fingerprint density at radius 2 is 2.25 bits per heavy atom. The Kier molecular flexibility index (Phi) is 3.65. The minimum Gasteiger partial charge on any atom is -0.368 e. The number of nitrogen functional groups attached to an aromatic ring is 1. The lowest BCUT2D eigenvalue weighted by Gasteiger charge is -2.24. The van der Waals surface area contributed by atoms with Crippen LogP contribution in [0, 0.1) is 5.92 Å². The van der Waals surface area contributed by atoms with Crippen LogP contribution in [0.3, 0.4) is 0 Å². The van der Waals surface area contributed by atoms with Crippen LogP contribution in [0.1, 0.15) is 26.7 Å². The zero-order valence-electron chi connectivity index (χ0n) is 12.3. The molecule has 0 saturated carbocycles. The van der Waals surface area contributed by atoms with Crippen molar-refractivity contribution in [1.82, 2.24) is 15.3 Å². The molecule has 2 fully saturated rings. The Morgan fingerprint density at radius 1 is 1.40 bits per heavy atom. The second-order valence-electron chi connectivity index (χ2n) is 6.14. The Balaban J connectivity index is 1.78. The van der Waals surface area contributed by atoms with E-state index < -0.39 is 0 Å². The molecule has 0 aromatic carbocycles. The number of hydrogen-bond donors (Lipinski definition) is 3. The number of hydrogen-bond acceptors (Lipinski definition) is 6.